The number of hydrogen-bond donors (Lipinski definition) is 1. The lowest BCUT2D eigenvalue weighted by Crippen LogP contribution is -2.15. The quantitative estimate of drug-likeness (QED) is 0.742. The minimum atomic E-state index is -0.435. The van der Waals surface area contributed by atoms with Crippen LogP contribution < -0.4 is 14.8 Å². The Bertz CT molecular complexity index is 825. The molecule has 1 heterocycles. The van der Waals surface area contributed by atoms with Crippen LogP contribution >= 0.6 is 11.3 Å². The van der Waals surface area contributed by atoms with Gasteiger partial charge in [0.15, 0.2) is 11.5 Å². The largest absolute Gasteiger partial charge is 0.493 e. The van der Waals surface area contributed by atoms with Crippen LogP contribution in [0.2, 0.25) is 0 Å². The molecule has 0 aliphatic heterocycles. The maximum atomic E-state index is 12.3. The highest BCUT2D eigenvalue weighted by molar-refractivity contribution is 7.18. The summed E-state index contributed by atoms with van der Waals surface area (Å²) in [5.74, 6) is 0.789. The summed E-state index contributed by atoms with van der Waals surface area (Å²) in [6, 6.07) is 7.33. The number of benzene rings is 1. The number of esters is 1. The van der Waals surface area contributed by atoms with E-state index >= 15 is 0 Å². The van der Waals surface area contributed by atoms with Crippen LogP contribution in [0.1, 0.15) is 29.4 Å². The predicted molar refractivity (Wildman–Crippen MR) is 100 cm³/mol. The Labute approximate surface area is 156 Å². The number of nitrogens with one attached hydrogen (secondary N) is 1. The molecular weight excluding hydrogens is 354 g/mol. The Balaban J connectivity index is 1.96. The first kappa shape index (κ1) is 18.3. The Hall–Kier alpha value is -2.54. The second kappa shape index (κ2) is 7.78. The first-order chi connectivity index (χ1) is 12.6. The molecule has 1 fully saturated rings. The summed E-state index contributed by atoms with van der Waals surface area (Å²) in [6.45, 7) is 2.03. The summed E-state index contributed by atoms with van der Waals surface area (Å²) in [6.07, 6.45) is 1.79. The summed E-state index contributed by atoms with van der Waals surface area (Å²) < 4.78 is 15.7. The molecule has 1 aliphatic carbocycles. The van der Waals surface area contributed by atoms with Crippen LogP contribution in [0, 0.1) is 5.92 Å². The normalized spacial score (nSPS) is 13.2. The van der Waals surface area contributed by atoms with Crippen molar-refractivity contribution in [1.82, 2.24) is 0 Å². The molecule has 26 heavy (non-hydrogen) atoms. The number of thiophene rings is 1. The topological polar surface area (TPSA) is 73.9 Å². The average Bonchev–Trinajstić information content (AvgIpc) is 3.42. The molecule has 3 rings (SSSR count). The smallest absolute Gasteiger partial charge is 0.350 e. The van der Waals surface area contributed by atoms with Gasteiger partial charge in [0.1, 0.15) is 4.88 Å². The van der Waals surface area contributed by atoms with Gasteiger partial charge in [-0.15, -0.1) is 11.3 Å². The minimum absolute atomic E-state index is 0.0489. The van der Waals surface area contributed by atoms with E-state index in [9.17, 15) is 9.59 Å². The van der Waals surface area contributed by atoms with Gasteiger partial charge in [-0.2, -0.15) is 0 Å². The molecule has 1 saturated carbocycles. The molecule has 1 aromatic carbocycles. The van der Waals surface area contributed by atoms with Crippen molar-refractivity contribution in [2.75, 3.05) is 26.1 Å². The maximum Gasteiger partial charge on any atom is 0.350 e. The predicted octanol–water partition coefficient (Wildman–Crippen LogP) is 3.96. The third-order valence-electron chi connectivity index (χ3n) is 4.07. The highest BCUT2D eigenvalue weighted by Crippen LogP contribution is 2.40. The van der Waals surface area contributed by atoms with Crippen LogP contribution in [0.15, 0.2) is 24.3 Å². The maximum absolute atomic E-state index is 12.3. The van der Waals surface area contributed by atoms with Gasteiger partial charge in [-0.05, 0) is 49.6 Å². The van der Waals surface area contributed by atoms with Crippen molar-refractivity contribution in [2.45, 2.75) is 19.8 Å². The number of methoxy groups -OCH3 is 2. The van der Waals surface area contributed by atoms with Crippen LogP contribution in [-0.2, 0) is 9.53 Å². The lowest BCUT2D eigenvalue weighted by atomic mass is 10.1. The second-order valence-electron chi connectivity index (χ2n) is 5.91. The van der Waals surface area contributed by atoms with E-state index in [0.717, 1.165) is 23.3 Å². The minimum Gasteiger partial charge on any atom is -0.493 e. The van der Waals surface area contributed by atoms with Crippen LogP contribution in [-0.4, -0.2) is 32.7 Å². The monoisotopic (exact) mass is 375 g/mol. The number of rotatable bonds is 7. The van der Waals surface area contributed by atoms with E-state index in [1.807, 2.05) is 12.1 Å². The van der Waals surface area contributed by atoms with E-state index in [2.05, 4.69) is 5.32 Å². The number of anilines is 1. The Morgan fingerprint density at radius 3 is 2.50 bits per heavy atom. The summed E-state index contributed by atoms with van der Waals surface area (Å²) >= 11 is 1.28. The van der Waals surface area contributed by atoms with Gasteiger partial charge >= 0.3 is 5.97 Å². The molecule has 1 N–H and O–H groups in total. The molecular formula is C19H21NO5S. The molecule has 138 valence electrons. The van der Waals surface area contributed by atoms with Gasteiger partial charge in [-0.25, -0.2) is 4.79 Å². The molecule has 1 aliphatic rings. The van der Waals surface area contributed by atoms with Crippen LogP contribution in [0.3, 0.4) is 0 Å². The van der Waals surface area contributed by atoms with Gasteiger partial charge in [0, 0.05) is 10.8 Å². The third-order valence-corrected chi connectivity index (χ3v) is 5.23. The van der Waals surface area contributed by atoms with Gasteiger partial charge in [-0.3, -0.25) is 4.79 Å². The number of carbonyl (C=O) groups excluding carboxylic acids is 2. The molecule has 0 atom stereocenters. The highest BCUT2D eigenvalue weighted by Gasteiger charge is 2.31. The Morgan fingerprint density at radius 1 is 1.15 bits per heavy atom. The standard InChI is InChI=1S/C19H21NO5S/c1-4-25-19(22)17-13(20-18(21)11-5-6-11)10-16(26-17)12-7-8-14(23-2)15(9-12)24-3/h7-11H,4-6H2,1-3H3,(H,20,21). The average molecular weight is 375 g/mol. The van der Waals surface area contributed by atoms with E-state index in [1.54, 1.807) is 33.3 Å². The molecule has 6 nitrogen and oxygen atoms in total. The molecule has 0 bridgehead atoms. The molecule has 0 unspecified atom stereocenters. The van der Waals surface area contributed by atoms with Crippen molar-refractivity contribution < 1.29 is 23.8 Å². The van der Waals surface area contributed by atoms with Gasteiger partial charge in [-0.1, -0.05) is 0 Å². The fourth-order valence-corrected chi connectivity index (χ4v) is 3.55. The fourth-order valence-electron chi connectivity index (χ4n) is 2.54. The highest BCUT2D eigenvalue weighted by atomic mass is 32.1. The first-order valence-electron chi connectivity index (χ1n) is 8.41. The molecule has 2 aromatic rings. The Morgan fingerprint density at radius 2 is 1.88 bits per heavy atom. The summed E-state index contributed by atoms with van der Waals surface area (Å²) in [5, 5.41) is 2.87. The third kappa shape index (κ3) is 3.83. The van der Waals surface area contributed by atoms with Crippen molar-refractivity contribution in [1.29, 1.82) is 0 Å². The first-order valence-corrected chi connectivity index (χ1v) is 9.23. The molecule has 7 heteroatoms. The second-order valence-corrected chi connectivity index (χ2v) is 6.96. The zero-order chi connectivity index (χ0) is 18.7. The molecule has 1 amide bonds. The van der Waals surface area contributed by atoms with Gasteiger partial charge in [0.25, 0.3) is 0 Å². The molecule has 0 saturated heterocycles. The molecule has 1 aromatic heterocycles. The van der Waals surface area contributed by atoms with Crippen molar-refractivity contribution in [3.05, 3.63) is 29.1 Å². The lowest BCUT2D eigenvalue weighted by molar-refractivity contribution is -0.117. The molecule has 0 spiro atoms. The SMILES string of the molecule is CCOC(=O)c1sc(-c2ccc(OC)c(OC)c2)cc1NC(=O)C1CC1. The number of ether oxygens (including phenoxy) is 3. The van der Waals surface area contributed by atoms with Gasteiger partial charge in [0.2, 0.25) is 5.91 Å². The molecule has 0 radical (unpaired) electrons. The fraction of sp³-hybridized carbons (Fsp3) is 0.368. The van der Waals surface area contributed by atoms with E-state index in [-0.39, 0.29) is 18.4 Å². The van der Waals surface area contributed by atoms with E-state index in [0.29, 0.717) is 22.1 Å². The van der Waals surface area contributed by atoms with E-state index in [4.69, 9.17) is 14.2 Å². The zero-order valence-electron chi connectivity index (χ0n) is 15.0. The van der Waals surface area contributed by atoms with E-state index < -0.39 is 5.97 Å². The summed E-state index contributed by atoms with van der Waals surface area (Å²) in [7, 11) is 3.15. The van der Waals surface area contributed by atoms with Gasteiger partial charge in [0.05, 0.1) is 26.5 Å². The van der Waals surface area contributed by atoms with Gasteiger partial charge < -0.3 is 19.5 Å². The number of amides is 1. The Kier molecular flexibility index (Phi) is 5.46. The van der Waals surface area contributed by atoms with Crippen LogP contribution in [0.5, 0.6) is 11.5 Å². The lowest BCUT2D eigenvalue weighted by Gasteiger charge is -2.08. The zero-order valence-corrected chi connectivity index (χ0v) is 15.8. The number of hydrogen-bond acceptors (Lipinski definition) is 6. The summed E-state index contributed by atoms with van der Waals surface area (Å²) in [5.41, 5.74) is 1.36. The van der Waals surface area contributed by atoms with Crippen molar-refractivity contribution >= 4 is 28.9 Å². The van der Waals surface area contributed by atoms with Crippen LogP contribution in [0.4, 0.5) is 5.69 Å². The summed E-state index contributed by atoms with van der Waals surface area (Å²) in [4.78, 5) is 25.7. The number of carbonyl (C=O) groups is 2. The van der Waals surface area contributed by atoms with E-state index in [1.165, 1.54) is 11.3 Å². The van der Waals surface area contributed by atoms with Crippen molar-refractivity contribution in [2.24, 2.45) is 5.92 Å². The van der Waals surface area contributed by atoms with Crippen LogP contribution in [0.25, 0.3) is 10.4 Å². The van der Waals surface area contributed by atoms with Crippen molar-refractivity contribution in [3.8, 4) is 21.9 Å². The van der Waals surface area contributed by atoms with Crippen molar-refractivity contribution in [3.63, 3.8) is 0 Å².